The van der Waals surface area contributed by atoms with Gasteiger partial charge in [0.05, 0.1) is 12.8 Å². The normalized spacial score (nSPS) is 18.9. The summed E-state index contributed by atoms with van der Waals surface area (Å²) in [7, 11) is 1.60. The molecule has 1 saturated heterocycles. The van der Waals surface area contributed by atoms with E-state index in [4.69, 9.17) is 9.15 Å². The Morgan fingerprint density at radius 3 is 2.94 bits per heavy atom. The van der Waals surface area contributed by atoms with Crippen LogP contribution in [-0.2, 0) is 16.1 Å². The Morgan fingerprint density at radius 1 is 1.59 bits per heavy atom. The standard InChI is InChI=1S/C12H18N2O3/c1-16-12(4-6-13-7-5-12)11(15)14-9-10-3-2-8-17-10/h2-3,8,13H,4-7,9H2,1H3,(H,14,15). The zero-order chi connectivity index (χ0) is 12.1. The lowest BCUT2D eigenvalue weighted by Crippen LogP contribution is -2.53. The second-order valence-corrected chi connectivity index (χ2v) is 4.21. The van der Waals surface area contributed by atoms with Gasteiger partial charge in [0.25, 0.3) is 5.91 Å². The number of amides is 1. The van der Waals surface area contributed by atoms with Gasteiger partial charge in [-0.25, -0.2) is 0 Å². The maximum Gasteiger partial charge on any atom is 0.252 e. The van der Waals surface area contributed by atoms with Crippen LogP contribution in [0.25, 0.3) is 0 Å². The molecule has 2 rings (SSSR count). The Morgan fingerprint density at radius 2 is 2.35 bits per heavy atom. The smallest absolute Gasteiger partial charge is 0.252 e. The van der Waals surface area contributed by atoms with Crippen LogP contribution in [0.1, 0.15) is 18.6 Å². The summed E-state index contributed by atoms with van der Waals surface area (Å²) in [6, 6.07) is 3.64. The van der Waals surface area contributed by atoms with Gasteiger partial charge in [-0.2, -0.15) is 0 Å². The number of carbonyl (C=O) groups excluding carboxylic acids is 1. The quantitative estimate of drug-likeness (QED) is 0.809. The first kappa shape index (κ1) is 12.1. The topological polar surface area (TPSA) is 63.5 Å². The third kappa shape index (κ3) is 2.68. The first-order valence-electron chi connectivity index (χ1n) is 5.83. The minimum absolute atomic E-state index is 0.0575. The number of nitrogens with one attached hydrogen (secondary N) is 2. The molecule has 0 saturated carbocycles. The van der Waals surface area contributed by atoms with Gasteiger partial charge >= 0.3 is 0 Å². The molecule has 1 aromatic rings. The molecule has 0 unspecified atom stereocenters. The van der Waals surface area contributed by atoms with Gasteiger partial charge in [-0.15, -0.1) is 0 Å². The van der Waals surface area contributed by atoms with E-state index in [9.17, 15) is 4.79 Å². The van der Waals surface area contributed by atoms with Gasteiger partial charge in [-0.3, -0.25) is 4.79 Å². The molecule has 1 amide bonds. The summed E-state index contributed by atoms with van der Waals surface area (Å²) in [5, 5.41) is 6.08. The zero-order valence-corrected chi connectivity index (χ0v) is 9.99. The van der Waals surface area contributed by atoms with Crippen LogP contribution in [0.5, 0.6) is 0 Å². The van der Waals surface area contributed by atoms with Crippen molar-refractivity contribution in [3.63, 3.8) is 0 Å². The second-order valence-electron chi connectivity index (χ2n) is 4.21. The molecule has 1 aromatic heterocycles. The number of piperidine rings is 1. The lowest BCUT2D eigenvalue weighted by molar-refractivity contribution is -0.147. The SMILES string of the molecule is COC1(C(=O)NCc2ccco2)CCNCC1. The van der Waals surface area contributed by atoms with Crippen LogP contribution in [0.15, 0.2) is 22.8 Å². The average Bonchev–Trinajstić information content (AvgIpc) is 2.90. The molecule has 0 spiro atoms. The average molecular weight is 238 g/mol. The number of hydrogen-bond donors (Lipinski definition) is 2. The summed E-state index contributed by atoms with van der Waals surface area (Å²) in [6.07, 6.45) is 3.00. The van der Waals surface area contributed by atoms with Crippen molar-refractivity contribution in [2.24, 2.45) is 0 Å². The van der Waals surface area contributed by atoms with Crippen molar-refractivity contribution in [3.05, 3.63) is 24.2 Å². The fourth-order valence-corrected chi connectivity index (χ4v) is 2.10. The van der Waals surface area contributed by atoms with Gasteiger partial charge in [0.1, 0.15) is 11.4 Å². The molecule has 0 aromatic carbocycles. The van der Waals surface area contributed by atoms with Crippen molar-refractivity contribution in [3.8, 4) is 0 Å². The third-order valence-corrected chi connectivity index (χ3v) is 3.22. The van der Waals surface area contributed by atoms with Gasteiger partial charge in [-0.05, 0) is 38.1 Å². The van der Waals surface area contributed by atoms with E-state index in [1.165, 1.54) is 0 Å². The Balaban J connectivity index is 1.93. The lowest BCUT2D eigenvalue weighted by atomic mass is 9.91. The number of hydrogen-bond acceptors (Lipinski definition) is 4. The molecule has 17 heavy (non-hydrogen) atoms. The Kier molecular flexibility index (Phi) is 3.81. The summed E-state index contributed by atoms with van der Waals surface area (Å²) in [6.45, 7) is 2.02. The maximum atomic E-state index is 12.1. The third-order valence-electron chi connectivity index (χ3n) is 3.22. The molecular formula is C12H18N2O3. The van der Waals surface area contributed by atoms with E-state index in [1.54, 1.807) is 19.4 Å². The highest BCUT2D eigenvalue weighted by Crippen LogP contribution is 2.22. The molecule has 0 atom stereocenters. The molecule has 5 heteroatoms. The fraction of sp³-hybridized carbons (Fsp3) is 0.583. The van der Waals surface area contributed by atoms with E-state index in [1.807, 2.05) is 6.07 Å². The van der Waals surface area contributed by atoms with Crippen molar-refractivity contribution < 1.29 is 13.9 Å². The van der Waals surface area contributed by atoms with Gasteiger partial charge in [-0.1, -0.05) is 0 Å². The molecule has 2 heterocycles. The largest absolute Gasteiger partial charge is 0.467 e. The van der Waals surface area contributed by atoms with E-state index < -0.39 is 5.60 Å². The van der Waals surface area contributed by atoms with Gasteiger partial charge in [0, 0.05) is 7.11 Å². The summed E-state index contributed by atoms with van der Waals surface area (Å²) in [5.41, 5.74) is -0.683. The number of carbonyl (C=O) groups is 1. The lowest BCUT2D eigenvalue weighted by Gasteiger charge is -2.34. The van der Waals surface area contributed by atoms with Crippen LogP contribution in [0, 0.1) is 0 Å². The summed E-state index contributed by atoms with van der Waals surface area (Å²) >= 11 is 0. The highest BCUT2D eigenvalue weighted by Gasteiger charge is 2.39. The monoisotopic (exact) mass is 238 g/mol. The Hall–Kier alpha value is -1.33. The molecule has 1 aliphatic rings. The van der Waals surface area contributed by atoms with Gasteiger partial charge < -0.3 is 19.8 Å². The van der Waals surface area contributed by atoms with Crippen LogP contribution in [0.2, 0.25) is 0 Å². The number of methoxy groups -OCH3 is 1. The highest BCUT2D eigenvalue weighted by atomic mass is 16.5. The van der Waals surface area contributed by atoms with Crippen molar-refractivity contribution in [2.75, 3.05) is 20.2 Å². The zero-order valence-electron chi connectivity index (χ0n) is 9.99. The summed E-state index contributed by atoms with van der Waals surface area (Å²) in [5.74, 6) is 0.691. The van der Waals surface area contributed by atoms with Crippen LogP contribution in [-0.4, -0.2) is 31.7 Å². The van der Waals surface area contributed by atoms with E-state index in [0.717, 1.165) is 18.8 Å². The Bertz CT molecular complexity index is 356. The predicted molar refractivity (Wildman–Crippen MR) is 62.4 cm³/mol. The number of furan rings is 1. The fourth-order valence-electron chi connectivity index (χ4n) is 2.10. The second kappa shape index (κ2) is 5.33. The van der Waals surface area contributed by atoms with Crippen LogP contribution < -0.4 is 10.6 Å². The van der Waals surface area contributed by atoms with Crippen LogP contribution in [0.3, 0.4) is 0 Å². The molecule has 0 bridgehead atoms. The van der Waals surface area contributed by atoms with Crippen LogP contribution in [0.4, 0.5) is 0 Å². The number of ether oxygens (including phenoxy) is 1. The van der Waals surface area contributed by atoms with Crippen molar-refractivity contribution in [1.29, 1.82) is 0 Å². The van der Waals surface area contributed by atoms with E-state index >= 15 is 0 Å². The molecule has 2 N–H and O–H groups in total. The van der Waals surface area contributed by atoms with E-state index in [2.05, 4.69) is 10.6 Å². The van der Waals surface area contributed by atoms with Crippen LogP contribution >= 0.6 is 0 Å². The molecule has 94 valence electrons. The Labute approximate surface area is 101 Å². The minimum atomic E-state index is -0.683. The van der Waals surface area contributed by atoms with Gasteiger partial charge in [0.15, 0.2) is 0 Å². The predicted octanol–water partition coefficient (Wildman–Crippen LogP) is 0.664. The molecule has 5 nitrogen and oxygen atoms in total. The maximum absolute atomic E-state index is 12.1. The summed E-state index contributed by atoms with van der Waals surface area (Å²) in [4.78, 5) is 12.1. The van der Waals surface area contributed by atoms with E-state index in [-0.39, 0.29) is 5.91 Å². The minimum Gasteiger partial charge on any atom is -0.467 e. The molecule has 0 aliphatic carbocycles. The van der Waals surface area contributed by atoms with Crippen molar-refractivity contribution in [1.82, 2.24) is 10.6 Å². The first-order chi connectivity index (χ1) is 8.27. The van der Waals surface area contributed by atoms with E-state index in [0.29, 0.717) is 19.4 Å². The molecular weight excluding hydrogens is 220 g/mol. The summed E-state index contributed by atoms with van der Waals surface area (Å²) < 4.78 is 10.6. The van der Waals surface area contributed by atoms with Crippen molar-refractivity contribution in [2.45, 2.75) is 25.0 Å². The molecule has 1 aliphatic heterocycles. The van der Waals surface area contributed by atoms with Gasteiger partial charge in [0.2, 0.25) is 0 Å². The molecule has 1 fully saturated rings. The highest BCUT2D eigenvalue weighted by molar-refractivity contribution is 5.85. The first-order valence-corrected chi connectivity index (χ1v) is 5.83. The number of rotatable bonds is 4. The molecule has 0 radical (unpaired) electrons. The van der Waals surface area contributed by atoms with Crippen molar-refractivity contribution >= 4 is 5.91 Å².